The van der Waals surface area contributed by atoms with Gasteiger partial charge in [0.25, 0.3) is 0 Å². The Labute approximate surface area is 182 Å². The Bertz CT molecular complexity index is 1150. The number of benzene rings is 2. The molecule has 0 aliphatic carbocycles. The molecule has 9 nitrogen and oxygen atoms in total. The fourth-order valence-electron chi connectivity index (χ4n) is 3.81. The molecule has 3 heterocycles. The summed E-state index contributed by atoms with van der Waals surface area (Å²) in [4.78, 5) is 18.8. The molecule has 2 aliphatic rings. The number of amides is 1. The SMILES string of the molecule is O=C1O[C@@H](Cn2ccnn2)CN1c1ccc(-c2ccc(C3=NOC(CO)C3)cc2)c(F)c1. The number of carbonyl (C=O) groups excluding carboxylic acids is 1. The standard InChI is InChI=1S/C22H20FN5O4/c23-20-9-16(28-12-18(31-22(28)30)11-27-8-7-24-26-27)5-6-19(20)14-1-3-15(4-2-14)21-10-17(13-29)32-25-21/h1-9,17-18,29H,10-13H2/t17?,18-/m0/s1. The van der Waals surface area contributed by atoms with E-state index in [1.54, 1.807) is 41.3 Å². The Morgan fingerprint density at radius 3 is 2.62 bits per heavy atom. The number of ether oxygens (including phenoxy) is 1. The van der Waals surface area contributed by atoms with Crippen LogP contribution in [0.5, 0.6) is 0 Å². The third-order valence-electron chi connectivity index (χ3n) is 5.47. The van der Waals surface area contributed by atoms with E-state index in [1.807, 2.05) is 12.1 Å². The highest BCUT2D eigenvalue weighted by Crippen LogP contribution is 2.30. The van der Waals surface area contributed by atoms with Crippen molar-refractivity contribution in [3.63, 3.8) is 0 Å². The number of aromatic nitrogens is 3. The minimum absolute atomic E-state index is 0.0889. The number of cyclic esters (lactones) is 1. The van der Waals surface area contributed by atoms with E-state index in [2.05, 4.69) is 15.5 Å². The molecule has 1 unspecified atom stereocenters. The lowest BCUT2D eigenvalue weighted by molar-refractivity contribution is 0.0390. The summed E-state index contributed by atoms with van der Waals surface area (Å²) >= 11 is 0. The predicted molar refractivity (Wildman–Crippen MR) is 113 cm³/mol. The van der Waals surface area contributed by atoms with Crippen molar-refractivity contribution in [1.29, 1.82) is 0 Å². The summed E-state index contributed by atoms with van der Waals surface area (Å²) < 4.78 is 21.9. The van der Waals surface area contributed by atoms with Gasteiger partial charge in [0.05, 0.1) is 37.3 Å². The van der Waals surface area contributed by atoms with Crippen molar-refractivity contribution >= 4 is 17.5 Å². The summed E-state index contributed by atoms with van der Waals surface area (Å²) in [7, 11) is 0. The first-order chi connectivity index (χ1) is 15.6. The Kier molecular flexibility index (Phi) is 5.28. The molecule has 3 aromatic rings. The lowest BCUT2D eigenvalue weighted by Gasteiger charge is -2.14. The molecule has 1 N–H and O–H groups in total. The average Bonchev–Trinajstić information content (AvgIpc) is 3.56. The number of halogens is 1. The van der Waals surface area contributed by atoms with Gasteiger partial charge in [-0.2, -0.15) is 0 Å². The molecule has 5 rings (SSSR count). The Balaban J connectivity index is 1.30. The van der Waals surface area contributed by atoms with E-state index in [9.17, 15) is 9.18 Å². The number of carbonyl (C=O) groups is 1. The first-order valence-electron chi connectivity index (χ1n) is 10.2. The number of hydrogen-bond acceptors (Lipinski definition) is 7. The minimum atomic E-state index is -0.521. The molecule has 1 fully saturated rings. The monoisotopic (exact) mass is 437 g/mol. The van der Waals surface area contributed by atoms with E-state index in [-0.39, 0.29) is 12.7 Å². The van der Waals surface area contributed by atoms with Crippen LogP contribution in [0.2, 0.25) is 0 Å². The number of oxime groups is 1. The van der Waals surface area contributed by atoms with Gasteiger partial charge in [-0.15, -0.1) is 5.10 Å². The summed E-state index contributed by atoms with van der Waals surface area (Å²) in [5.41, 5.74) is 3.16. The highest BCUT2D eigenvalue weighted by molar-refractivity contribution is 6.01. The van der Waals surface area contributed by atoms with Gasteiger partial charge in [-0.1, -0.05) is 34.6 Å². The number of anilines is 1. The number of aliphatic hydroxyl groups is 1. The van der Waals surface area contributed by atoms with Gasteiger partial charge in [0, 0.05) is 18.2 Å². The Morgan fingerprint density at radius 1 is 1.12 bits per heavy atom. The molecule has 2 aliphatic heterocycles. The van der Waals surface area contributed by atoms with Gasteiger partial charge < -0.3 is 14.7 Å². The maximum Gasteiger partial charge on any atom is 0.414 e. The Morgan fingerprint density at radius 2 is 1.94 bits per heavy atom. The van der Waals surface area contributed by atoms with E-state index >= 15 is 0 Å². The smallest absolute Gasteiger partial charge is 0.414 e. The van der Waals surface area contributed by atoms with E-state index in [0.29, 0.717) is 36.3 Å². The van der Waals surface area contributed by atoms with E-state index in [0.717, 1.165) is 11.3 Å². The van der Waals surface area contributed by atoms with Crippen molar-refractivity contribution in [2.24, 2.45) is 5.16 Å². The van der Waals surface area contributed by atoms with Gasteiger partial charge in [0.2, 0.25) is 0 Å². The van der Waals surface area contributed by atoms with Crippen LogP contribution in [0.4, 0.5) is 14.9 Å². The second-order valence-electron chi connectivity index (χ2n) is 7.64. The molecule has 1 amide bonds. The molecule has 0 bridgehead atoms. The zero-order valence-electron chi connectivity index (χ0n) is 17.0. The summed E-state index contributed by atoms with van der Waals surface area (Å²) in [5, 5.41) is 20.8. The normalized spacial score (nSPS) is 20.2. The van der Waals surface area contributed by atoms with Crippen molar-refractivity contribution in [1.82, 2.24) is 15.0 Å². The van der Waals surface area contributed by atoms with Crippen LogP contribution in [-0.4, -0.2) is 57.3 Å². The molecule has 1 saturated heterocycles. The molecule has 164 valence electrons. The van der Waals surface area contributed by atoms with Crippen LogP contribution in [0.15, 0.2) is 60.0 Å². The quantitative estimate of drug-likeness (QED) is 0.636. The maximum absolute atomic E-state index is 14.9. The lowest BCUT2D eigenvalue weighted by Crippen LogP contribution is -2.26. The predicted octanol–water partition coefficient (Wildman–Crippen LogP) is 2.59. The first kappa shape index (κ1) is 20.1. The fraction of sp³-hybridized carbons (Fsp3) is 0.273. The highest BCUT2D eigenvalue weighted by Gasteiger charge is 2.33. The molecule has 0 radical (unpaired) electrons. The van der Waals surface area contributed by atoms with Gasteiger partial charge >= 0.3 is 6.09 Å². The van der Waals surface area contributed by atoms with Crippen molar-refractivity contribution in [2.45, 2.75) is 25.2 Å². The van der Waals surface area contributed by atoms with Crippen LogP contribution in [0, 0.1) is 5.82 Å². The highest BCUT2D eigenvalue weighted by atomic mass is 19.1. The third-order valence-corrected chi connectivity index (χ3v) is 5.47. The maximum atomic E-state index is 14.9. The van der Waals surface area contributed by atoms with Crippen LogP contribution < -0.4 is 4.90 Å². The Hall–Kier alpha value is -3.79. The molecule has 10 heteroatoms. The molecule has 32 heavy (non-hydrogen) atoms. The van der Waals surface area contributed by atoms with Gasteiger partial charge in [0.1, 0.15) is 11.9 Å². The van der Waals surface area contributed by atoms with Crippen LogP contribution >= 0.6 is 0 Å². The van der Waals surface area contributed by atoms with E-state index < -0.39 is 18.0 Å². The summed E-state index contributed by atoms with van der Waals surface area (Å²) in [6, 6.07) is 12.0. The zero-order chi connectivity index (χ0) is 22.1. The lowest BCUT2D eigenvalue weighted by atomic mass is 9.99. The molecular weight excluding hydrogens is 417 g/mol. The summed E-state index contributed by atoms with van der Waals surface area (Å²) in [6.07, 6.45) is 2.54. The van der Waals surface area contributed by atoms with Crippen molar-refractivity contribution in [2.75, 3.05) is 18.1 Å². The van der Waals surface area contributed by atoms with Crippen LogP contribution in [0.25, 0.3) is 11.1 Å². The second-order valence-corrected chi connectivity index (χ2v) is 7.64. The number of nitrogens with zero attached hydrogens (tertiary/aromatic N) is 5. The van der Waals surface area contributed by atoms with Crippen LogP contribution in [0.3, 0.4) is 0 Å². The van der Waals surface area contributed by atoms with Crippen LogP contribution in [0.1, 0.15) is 12.0 Å². The number of rotatable bonds is 6. The third kappa shape index (κ3) is 3.92. The fourth-order valence-corrected chi connectivity index (χ4v) is 3.81. The van der Waals surface area contributed by atoms with Gasteiger partial charge in [0.15, 0.2) is 6.10 Å². The molecule has 0 saturated carbocycles. The zero-order valence-corrected chi connectivity index (χ0v) is 17.0. The summed E-state index contributed by atoms with van der Waals surface area (Å²) in [5.74, 6) is -0.440. The molecular formula is C22H20FN5O4. The van der Waals surface area contributed by atoms with Gasteiger partial charge in [-0.3, -0.25) is 4.90 Å². The molecule has 1 aromatic heterocycles. The minimum Gasteiger partial charge on any atom is -0.442 e. The number of aliphatic hydroxyl groups excluding tert-OH is 1. The van der Waals surface area contributed by atoms with Gasteiger partial charge in [-0.05, 0) is 29.3 Å². The van der Waals surface area contributed by atoms with Crippen molar-refractivity contribution in [3.8, 4) is 11.1 Å². The van der Waals surface area contributed by atoms with Crippen LogP contribution in [-0.2, 0) is 16.1 Å². The van der Waals surface area contributed by atoms with Gasteiger partial charge in [-0.25, -0.2) is 13.9 Å². The van der Waals surface area contributed by atoms with E-state index in [1.165, 1.54) is 11.0 Å². The number of hydrogen-bond donors (Lipinski definition) is 1. The molecule has 2 atom stereocenters. The molecule has 0 spiro atoms. The largest absolute Gasteiger partial charge is 0.442 e. The summed E-state index contributed by atoms with van der Waals surface area (Å²) in [6.45, 7) is 0.587. The van der Waals surface area contributed by atoms with Crippen molar-refractivity contribution in [3.05, 3.63) is 66.2 Å². The average molecular weight is 437 g/mol. The first-order valence-corrected chi connectivity index (χ1v) is 10.2. The van der Waals surface area contributed by atoms with E-state index in [4.69, 9.17) is 14.7 Å². The second kappa shape index (κ2) is 8.39. The molecule has 2 aromatic carbocycles. The topological polar surface area (TPSA) is 102 Å². The van der Waals surface area contributed by atoms with Crippen molar-refractivity contribution < 1.29 is 23.9 Å².